The third-order valence-corrected chi connectivity index (χ3v) is 6.49. The summed E-state index contributed by atoms with van der Waals surface area (Å²) >= 11 is 0. The average Bonchev–Trinajstić information content (AvgIpc) is 3.36. The fourth-order valence-corrected chi connectivity index (χ4v) is 4.13. The molecule has 2 aromatic rings. The highest BCUT2D eigenvalue weighted by Gasteiger charge is 2.39. The predicted octanol–water partition coefficient (Wildman–Crippen LogP) is 3.27. The Kier molecular flexibility index (Phi) is 11.5. The number of aryl methyl sites for hydroxylation is 1. The number of alkyl halides is 6. The normalized spacial score (nSPS) is 17.1. The molecule has 1 aromatic carbocycles. The van der Waals surface area contributed by atoms with Crippen LogP contribution in [-0.4, -0.2) is 85.6 Å². The van der Waals surface area contributed by atoms with Crippen LogP contribution in [0.25, 0.3) is 11.3 Å². The lowest BCUT2D eigenvalue weighted by molar-refractivity contribution is -0.193. The van der Waals surface area contributed by atoms with Gasteiger partial charge in [-0.15, -0.1) is 0 Å². The van der Waals surface area contributed by atoms with Crippen molar-refractivity contribution in [2.75, 3.05) is 19.6 Å². The number of carboxylic acid groups (broad SMARTS) is 3. The van der Waals surface area contributed by atoms with E-state index in [0.29, 0.717) is 44.0 Å². The Morgan fingerprint density at radius 3 is 1.79 bits per heavy atom. The fraction of sp³-hybridized carbons (Fsp3) is 0.480. The maximum Gasteiger partial charge on any atom is 0.490 e. The number of nitrogens with zero attached hydrogens (tertiary/aromatic N) is 3. The van der Waals surface area contributed by atoms with Gasteiger partial charge in [0.1, 0.15) is 5.82 Å². The molecule has 11 nitrogen and oxygen atoms in total. The van der Waals surface area contributed by atoms with Gasteiger partial charge >= 0.3 is 30.3 Å². The fourth-order valence-electron chi connectivity index (χ4n) is 4.13. The van der Waals surface area contributed by atoms with E-state index in [1.807, 2.05) is 24.3 Å². The molecule has 5 N–H and O–H groups in total. The van der Waals surface area contributed by atoms with E-state index in [2.05, 4.69) is 10.8 Å². The second kappa shape index (κ2) is 14.2. The van der Waals surface area contributed by atoms with Crippen LogP contribution in [-0.2, 0) is 27.3 Å². The van der Waals surface area contributed by atoms with Gasteiger partial charge in [0.25, 0.3) is 5.91 Å². The molecule has 0 radical (unpaired) electrons. The molecule has 232 valence electrons. The molecule has 1 unspecified atom stereocenters. The molecular formula is C25H28F6N4O7. The molecule has 2 aliphatic rings. The molecule has 42 heavy (non-hydrogen) atoms. The Hall–Kier alpha value is -4.15. The van der Waals surface area contributed by atoms with Crippen LogP contribution in [0.2, 0.25) is 0 Å². The van der Waals surface area contributed by atoms with Crippen molar-refractivity contribution in [2.24, 2.45) is 17.6 Å². The second-order valence-electron chi connectivity index (χ2n) is 9.42. The third-order valence-electron chi connectivity index (χ3n) is 6.49. The van der Waals surface area contributed by atoms with E-state index in [4.69, 9.17) is 35.6 Å². The number of benzene rings is 1. The lowest BCUT2D eigenvalue weighted by Gasteiger charge is -2.30. The minimum absolute atomic E-state index is 0.0367. The van der Waals surface area contributed by atoms with Gasteiger partial charge in [0.05, 0.1) is 11.6 Å². The smallest absolute Gasteiger partial charge is 0.481 e. The van der Waals surface area contributed by atoms with Crippen LogP contribution in [0, 0.1) is 11.8 Å². The first kappa shape index (κ1) is 34.1. The Morgan fingerprint density at radius 2 is 1.36 bits per heavy atom. The van der Waals surface area contributed by atoms with Crippen molar-refractivity contribution in [3.63, 3.8) is 0 Å². The van der Waals surface area contributed by atoms with Crippen LogP contribution in [0.1, 0.15) is 35.4 Å². The molecule has 1 amide bonds. The minimum atomic E-state index is -5.08. The number of carbonyl (C=O) groups excluding carboxylic acids is 1. The monoisotopic (exact) mass is 610 g/mol. The van der Waals surface area contributed by atoms with Gasteiger partial charge in [-0.1, -0.05) is 12.1 Å². The molecule has 0 bridgehead atoms. The number of halogens is 6. The van der Waals surface area contributed by atoms with E-state index in [-0.39, 0.29) is 11.8 Å². The summed E-state index contributed by atoms with van der Waals surface area (Å²) in [5.74, 6) is -5.06. The zero-order valence-corrected chi connectivity index (χ0v) is 21.9. The maximum atomic E-state index is 12.7. The van der Waals surface area contributed by atoms with Crippen molar-refractivity contribution < 1.29 is 60.8 Å². The number of carbonyl (C=O) groups is 4. The van der Waals surface area contributed by atoms with Gasteiger partial charge in [0.15, 0.2) is 0 Å². The van der Waals surface area contributed by atoms with Crippen LogP contribution in [0.15, 0.2) is 30.5 Å². The quantitative estimate of drug-likeness (QED) is 0.379. The summed E-state index contributed by atoms with van der Waals surface area (Å²) in [4.78, 5) is 48.1. The summed E-state index contributed by atoms with van der Waals surface area (Å²) < 4.78 is 65.7. The van der Waals surface area contributed by atoms with E-state index in [9.17, 15) is 35.9 Å². The number of piperidine rings is 1. The van der Waals surface area contributed by atoms with Crippen LogP contribution in [0.5, 0.6) is 0 Å². The van der Waals surface area contributed by atoms with Gasteiger partial charge in [0.2, 0.25) is 0 Å². The van der Waals surface area contributed by atoms with Crippen LogP contribution < -0.4 is 5.73 Å². The first-order chi connectivity index (χ1) is 19.4. The number of carboxylic acids is 3. The molecule has 1 atom stereocenters. The summed E-state index contributed by atoms with van der Waals surface area (Å²) in [7, 11) is 0. The highest BCUT2D eigenvalue weighted by atomic mass is 19.4. The van der Waals surface area contributed by atoms with Gasteiger partial charge in [0, 0.05) is 43.4 Å². The zero-order chi connectivity index (χ0) is 31.8. The third kappa shape index (κ3) is 9.74. The molecule has 2 aliphatic heterocycles. The summed E-state index contributed by atoms with van der Waals surface area (Å²) in [6.45, 7) is 2.64. The number of imidazole rings is 1. The summed E-state index contributed by atoms with van der Waals surface area (Å²) in [5, 5.41) is 23.3. The molecule has 4 rings (SSSR count). The van der Waals surface area contributed by atoms with Gasteiger partial charge < -0.3 is 30.5 Å². The van der Waals surface area contributed by atoms with E-state index < -0.39 is 30.3 Å². The number of rotatable bonds is 4. The summed E-state index contributed by atoms with van der Waals surface area (Å²) in [6.07, 6.45) is -5.05. The number of likely N-dealkylation sites (tertiary alicyclic amines) is 1. The molecule has 0 aliphatic carbocycles. The Balaban J connectivity index is 0.000000367. The van der Waals surface area contributed by atoms with E-state index in [1.54, 1.807) is 4.90 Å². The largest absolute Gasteiger partial charge is 0.490 e. The number of hydrogen-bond acceptors (Lipinski definition) is 6. The first-order valence-corrected chi connectivity index (χ1v) is 12.4. The number of aromatic nitrogens is 2. The minimum Gasteiger partial charge on any atom is -0.481 e. The van der Waals surface area contributed by atoms with Crippen molar-refractivity contribution in [1.29, 1.82) is 0 Å². The SMILES string of the molecule is NCC1CCn2cc(-c3ccc(C(=O)N4CCC(C(=O)O)CC4)cc3)nc2C1.O=C(O)C(F)(F)F.O=C(O)C(F)(F)F. The molecule has 1 saturated heterocycles. The molecule has 0 saturated carbocycles. The molecule has 17 heteroatoms. The second-order valence-corrected chi connectivity index (χ2v) is 9.42. The highest BCUT2D eigenvalue weighted by molar-refractivity contribution is 5.94. The first-order valence-electron chi connectivity index (χ1n) is 12.4. The van der Waals surface area contributed by atoms with E-state index in [1.165, 1.54) is 0 Å². The van der Waals surface area contributed by atoms with Gasteiger partial charge in [-0.3, -0.25) is 9.59 Å². The average molecular weight is 611 g/mol. The molecule has 3 heterocycles. The Bertz CT molecular complexity index is 1230. The number of hydrogen-bond donors (Lipinski definition) is 4. The standard InChI is InChI=1S/C21H26N4O3.2C2HF3O2/c22-12-14-5-8-25-13-18(23-19(25)11-14)15-1-3-16(4-2-15)20(26)24-9-6-17(7-10-24)21(27)28;2*3-2(4,5)1(6)7/h1-4,13-14,17H,5-12,22H2,(H,27,28);2*(H,6,7). The van der Waals surface area contributed by atoms with Crippen molar-refractivity contribution >= 4 is 23.8 Å². The van der Waals surface area contributed by atoms with Crippen molar-refractivity contribution in [2.45, 2.75) is 44.6 Å². The van der Waals surface area contributed by atoms with Crippen LogP contribution >= 0.6 is 0 Å². The predicted molar refractivity (Wildman–Crippen MR) is 132 cm³/mol. The van der Waals surface area contributed by atoms with Gasteiger partial charge in [-0.05, 0) is 43.9 Å². The Labute approximate surface area is 234 Å². The lowest BCUT2D eigenvalue weighted by Crippen LogP contribution is -2.40. The Morgan fingerprint density at radius 1 is 0.857 bits per heavy atom. The maximum absolute atomic E-state index is 12.7. The number of fused-ring (bicyclic) bond motifs is 1. The van der Waals surface area contributed by atoms with Crippen LogP contribution in [0.4, 0.5) is 26.3 Å². The van der Waals surface area contributed by atoms with Crippen molar-refractivity contribution in [1.82, 2.24) is 14.5 Å². The van der Waals surface area contributed by atoms with E-state index >= 15 is 0 Å². The highest BCUT2D eigenvalue weighted by Crippen LogP contribution is 2.26. The molecule has 0 spiro atoms. The molecule has 1 aromatic heterocycles. The molecule has 1 fully saturated rings. The van der Waals surface area contributed by atoms with Gasteiger partial charge in [-0.25, -0.2) is 14.6 Å². The van der Waals surface area contributed by atoms with Crippen molar-refractivity contribution in [3.8, 4) is 11.3 Å². The number of nitrogens with two attached hydrogens (primary N) is 1. The lowest BCUT2D eigenvalue weighted by atomic mass is 9.96. The summed E-state index contributed by atoms with van der Waals surface area (Å²) in [6, 6.07) is 7.54. The summed E-state index contributed by atoms with van der Waals surface area (Å²) in [5.41, 5.74) is 8.35. The van der Waals surface area contributed by atoms with Crippen molar-refractivity contribution in [3.05, 3.63) is 41.9 Å². The van der Waals surface area contributed by atoms with Crippen LogP contribution in [0.3, 0.4) is 0 Å². The number of amides is 1. The van der Waals surface area contributed by atoms with Gasteiger partial charge in [-0.2, -0.15) is 26.3 Å². The van der Waals surface area contributed by atoms with E-state index in [0.717, 1.165) is 36.5 Å². The number of aliphatic carboxylic acids is 3. The molecular weight excluding hydrogens is 582 g/mol. The zero-order valence-electron chi connectivity index (χ0n) is 21.9. The topological polar surface area (TPSA) is 176 Å².